The van der Waals surface area contributed by atoms with E-state index in [0.29, 0.717) is 23.6 Å². The third-order valence-corrected chi connectivity index (χ3v) is 4.71. The zero-order chi connectivity index (χ0) is 15.4. The van der Waals surface area contributed by atoms with Crippen molar-refractivity contribution in [3.05, 3.63) is 30.1 Å². The topological polar surface area (TPSA) is 77.5 Å². The average molecular weight is 304 g/mol. The fourth-order valence-corrected chi connectivity index (χ4v) is 3.50. The number of carbonyl (C=O) groups excluding carboxylic acids is 1. The molecule has 0 aromatic carbocycles. The molecule has 22 heavy (non-hydrogen) atoms. The second-order valence-electron chi connectivity index (χ2n) is 6.24. The Morgan fingerprint density at radius 2 is 2.36 bits per heavy atom. The van der Waals surface area contributed by atoms with Gasteiger partial charge in [-0.3, -0.25) is 20.6 Å². The summed E-state index contributed by atoms with van der Waals surface area (Å²) in [4.78, 5) is 18.5. The van der Waals surface area contributed by atoms with Crippen LogP contribution in [0.5, 0.6) is 0 Å². The van der Waals surface area contributed by atoms with Crippen molar-refractivity contribution in [2.45, 2.75) is 37.8 Å². The van der Waals surface area contributed by atoms with Gasteiger partial charge in [-0.15, -0.1) is 0 Å². The molecule has 0 aliphatic carbocycles. The lowest BCUT2D eigenvalue weighted by atomic mass is 9.88. The highest BCUT2D eigenvalue weighted by atomic mass is 16.3. The molecule has 0 bridgehead atoms. The second-order valence-corrected chi connectivity index (χ2v) is 6.24. The van der Waals surface area contributed by atoms with Crippen LogP contribution in [0.25, 0.3) is 0 Å². The van der Waals surface area contributed by atoms with Gasteiger partial charge in [-0.25, -0.2) is 0 Å². The zero-order valence-electron chi connectivity index (χ0n) is 12.7. The molecule has 1 aromatic heterocycles. The van der Waals surface area contributed by atoms with Crippen LogP contribution in [0.3, 0.4) is 0 Å². The first-order chi connectivity index (χ1) is 10.8. The molecule has 120 valence electrons. The van der Waals surface area contributed by atoms with Gasteiger partial charge in [0.1, 0.15) is 0 Å². The molecule has 3 unspecified atom stereocenters. The summed E-state index contributed by atoms with van der Waals surface area (Å²) in [6.07, 6.45) is 7.29. The van der Waals surface area contributed by atoms with Crippen LogP contribution in [-0.2, 0) is 0 Å². The van der Waals surface area contributed by atoms with Gasteiger partial charge >= 0.3 is 0 Å². The fraction of sp³-hybridized carbons (Fsp3) is 0.625. The number of pyridine rings is 1. The van der Waals surface area contributed by atoms with E-state index in [9.17, 15) is 4.79 Å². The van der Waals surface area contributed by atoms with E-state index in [4.69, 9.17) is 5.11 Å². The van der Waals surface area contributed by atoms with Gasteiger partial charge in [0.15, 0.2) is 0 Å². The highest BCUT2D eigenvalue weighted by Gasteiger charge is 2.34. The van der Waals surface area contributed by atoms with Crippen LogP contribution in [0.4, 0.5) is 0 Å². The molecular weight excluding hydrogens is 280 g/mol. The molecule has 0 spiro atoms. The highest BCUT2D eigenvalue weighted by molar-refractivity contribution is 5.93. The molecule has 1 aromatic rings. The molecule has 2 saturated heterocycles. The summed E-state index contributed by atoms with van der Waals surface area (Å²) in [5.41, 5.74) is 7.27. The lowest BCUT2D eigenvalue weighted by molar-refractivity contribution is 0.0648. The molecule has 0 radical (unpaired) electrons. The van der Waals surface area contributed by atoms with Crippen molar-refractivity contribution in [3.8, 4) is 0 Å². The third kappa shape index (κ3) is 3.45. The normalized spacial score (nSPS) is 28.8. The van der Waals surface area contributed by atoms with E-state index in [1.165, 1.54) is 0 Å². The number of aromatic nitrogens is 1. The van der Waals surface area contributed by atoms with E-state index < -0.39 is 0 Å². The maximum absolute atomic E-state index is 12.5. The van der Waals surface area contributed by atoms with Crippen LogP contribution >= 0.6 is 0 Å². The average Bonchev–Trinajstić information content (AvgIpc) is 3.04. The van der Waals surface area contributed by atoms with Crippen LogP contribution < -0.4 is 10.9 Å². The molecule has 2 aliphatic rings. The number of rotatable bonds is 4. The molecular formula is C16H24N4O2. The van der Waals surface area contributed by atoms with E-state index in [0.717, 1.165) is 38.8 Å². The van der Waals surface area contributed by atoms with Crippen molar-refractivity contribution >= 4 is 5.91 Å². The predicted octanol–water partition coefficient (Wildman–Crippen LogP) is 0.551. The summed E-state index contributed by atoms with van der Waals surface area (Å²) >= 11 is 0. The Bertz CT molecular complexity index is 496. The molecule has 6 heteroatoms. The van der Waals surface area contributed by atoms with Crippen molar-refractivity contribution in [3.63, 3.8) is 0 Å². The second kappa shape index (κ2) is 7.17. The standard InChI is InChI=1S/C16H24N4O2/c21-8-5-14-9-15(19-18-14)13-4-2-7-20(11-13)16(22)12-3-1-6-17-10-12/h1,3,6,10,13-15,18-19,21H,2,4-5,7-9,11H2. The Hall–Kier alpha value is -1.50. The minimum atomic E-state index is 0.0793. The lowest BCUT2D eigenvalue weighted by Crippen LogP contribution is -2.47. The van der Waals surface area contributed by atoms with Crippen molar-refractivity contribution in [2.75, 3.05) is 19.7 Å². The summed E-state index contributed by atoms with van der Waals surface area (Å²) in [7, 11) is 0. The largest absolute Gasteiger partial charge is 0.396 e. The van der Waals surface area contributed by atoms with Crippen LogP contribution in [0.1, 0.15) is 36.0 Å². The first-order valence-electron chi connectivity index (χ1n) is 8.09. The maximum atomic E-state index is 12.5. The first kappa shape index (κ1) is 15.4. The summed E-state index contributed by atoms with van der Waals surface area (Å²) in [5.74, 6) is 0.543. The third-order valence-electron chi connectivity index (χ3n) is 4.71. The summed E-state index contributed by atoms with van der Waals surface area (Å²) in [5, 5.41) is 9.04. The van der Waals surface area contributed by atoms with Crippen molar-refractivity contribution in [1.82, 2.24) is 20.7 Å². The minimum absolute atomic E-state index is 0.0793. The molecule has 0 saturated carbocycles. The van der Waals surface area contributed by atoms with Gasteiger partial charge in [-0.1, -0.05) is 0 Å². The Morgan fingerprint density at radius 1 is 1.45 bits per heavy atom. The monoisotopic (exact) mass is 304 g/mol. The van der Waals surface area contributed by atoms with Crippen LogP contribution in [0.15, 0.2) is 24.5 Å². The SMILES string of the molecule is O=C(c1cccnc1)N1CCCC(C2CC(CCO)NN2)C1. The molecule has 3 heterocycles. The fourth-order valence-electron chi connectivity index (χ4n) is 3.50. The van der Waals surface area contributed by atoms with Crippen LogP contribution in [0.2, 0.25) is 0 Å². The van der Waals surface area contributed by atoms with Gasteiger partial charge in [-0.2, -0.15) is 0 Å². The summed E-state index contributed by atoms with van der Waals surface area (Å²) in [6.45, 7) is 1.83. The van der Waals surface area contributed by atoms with E-state index >= 15 is 0 Å². The van der Waals surface area contributed by atoms with Crippen molar-refractivity contribution in [2.24, 2.45) is 5.92 Å². The highest BCUT2D eigenvalue weighted by Crippen LogP contribution is 2.25. The number of carbonyl (C=O) groups is 1. The van der Waals surface area contributed by atoms with Gasteiger partial charge in [0.2, 0.25) is 0 Å². The summed E-state index contributed by atoms with van der Waals surface area (Å²) in [6, 6.07) is 4.34. The summed E-state index contributed by atoms with van der Waals surface area (Å²) < 4.78 is 0. The number of nitrogens with zero attached hydrogens (tertiary/aromatic N) is 2. The number of aliphatic hydroxyl groups is 1. The number of hydrogen-bond donors (Lipinski definition) is 3. The Morgan fingerprint density at radius 3 is 3.14 bits per heavy atom. The number of amides is 1. The number of nitrogens with one attached hydrogen (secondary N) is 2. The van der Waals surface area contributed by atoms with E-state index in [1.54, 1.807) is 18.5 Å². The molecule has 3 atom stereocenters. The van der Waals surface area contributed by atoms with Gasteiger partial charge in [0, 0.05) is 44.2 Å². The minimum Gasteiger partial charge on any atom is -0.396 e. The Balaban J connectivity index is 1.59. The number of piperidine rings is 1. The smallest absolute Gasteiger partial charge is 0.255 e. The van der Waals surface area contributed by atoms with Crippen LogP contribution in [-0.4, -0.2) is 52.7 Å². The molecule has 2 aliphatic heterocycles. The first-order valence-corrected chi connectivity index (χ1v) is 8.09. The van der Waals surface area contributed by atoms with Crippen molar-refractivity contribution in [1.29, 1.82) is 0 Å². The van der Waals surface area contributed by atoms with Gasteiger partial charge in [0.25, 0.3) is 5.91 Å². The number of hydrazine groups is 1. The van der Waals surface area contributed by atoms with E-state index in [2.05, 4.69) is 15.8 Å². The van der Waals surface area contributed by atoms with E-state index in [1.807, 2.05) is 11.0 Å². The van der Waals surface area contributed by atoms with Crippen LogP contribution in [0, 0.1) is 5.92 Å². The van der Waals surface area contributed by atoms with Gasteiger partial charge in [0.05, 0.1) is 5.56 Å². The lowest BCUT2D eigenvalue weighted by Gasteiger charge is -2.35. The molecule has 6 nitrogen and oxygen atoms in total. The molecule has 3 N–H and O–H groups in total. The van der Waals surface area contributed by atoms with Gasteiger partial charge < -0.3 is 10.0 Å². The molecule has 2 fully saturated rings. The van der Waals surface area contributed by atoms with Crippen molar-refractivity contribution < 1.29 is 9.90 Å². The van der Waals surface area contributed by atoms with Gasteiger partial charge in [-0.05, 0) is 43.7 Å². The molecule has 1 amide bonds. The zero-order valence-corrected chi connectivity index (χ0v) is 12.7. The Labute approximate surface area is 130 Å². The predicted molar refractivity (Wildman–Crippen MR) is 83.0 cm³/mol. The Kier molecular flexibility index (Phi) is 5.02. The molecule has 3 rings (SSSR count). The maximum Gasteiger partial charge on any atom is 0.255 e. The van der Waals surface area contributed by atoms with E-state index in [-0.39, 0.29) is 12.5 Å². The quantitative estimate of drug-likeness (QED) is 0.757. The number of hydrogen-bond acceptors (Lipinski definition) is 5. The number of aliphatic hydroxyl groups excluding tert-OH is 1. The number of likely N-dealkylation sites (tertiary alicyclic amines) is 1.